The van der Waals surface area contributed by atoms with E-state index in [1.165, 1.54) is 0 Å². The van der Waals surface area contributed by atoms with Gasteiger partial charge in [0.05, 0.1) is 6.54 Å². The summed E-state index contributed by atoms with van der Waals surface area (Å²) in [7, 11) is 0. The Kier molecular flexibility index (Phi) is 6.64. The Morgan fingerprint density at radius 3 is 2.38 bits per heavy atom. The molecule has 2 rings (SSSR count). The lowest BCUT2D eigenvalue weighted by Gasteiger charge is -2.35. The van der Waals surface area contributed by atoms with E-state index >= 15 is 0 Å². The summed E-state index contributed by atoms with van der Waals surface area (Å²) >= 11 is 0. The Hall–Kier alpha value is -2.08. The lowest BCUT2D eigenvalue weighted by atomic mass is 10.1. The molecule has 0 atom stereocenters. The summed E-state index contributed by atoms with van der Waals surface area (Å²) in [5.41, 5.74) is 2.66. The third kappa shape index (κ3) is 5.73. The number of carbonyl (C=O) groups excluding carboxylic acids is 2. The Morgan fingerprint density at radius 1 is 1.15 bits per heavy atom. The smallest absolute Gasteiger partial charge is 0.410 e. The van der Waals surface area contributed by atoms with Gasteiger partial charge in [-0.05, 0) is 45.2 Å². The molecule has 1 aliphatic heterocycles. The number of nitrogens with zero attached hydrogens (tertiary/aromatic N) is 2. The van der Waals surface area contributed by atoms with E-state index in [0.29, 0.717) is 32.7 Å². The van der Waals surface area contributed by atoms with Crippen molar-refractivity contribution >= 4 is 17.7 Å². The van der Waals surface area contributed by atoms with Gasteiger partial charge in [0.15, 0.2) is 0 Å². The Labute approximate surface area is 156 Å². The second-order valence-electron chi connectivity index (χ2n) is 7.75. The van der Waals surface area contributed by atoms with Crippen LogP contribution in [0, 0.1) is 6.92 Å². The molecule has 0 unspecified atom stereocenters. The lowest BCUT2D eigenvalue weighted by molar-refractivity contribution is -0.117. The van der Waals surface area contributed by atoms with Gasteiger partial charge in [-0.15, -0.1) is 0 Å². The van der Waals surface area contributed by atoms with Crippen LogP contribution >= 0.6 is 0 Å². The molecule has 1 aromatic carbocycles. The van der Waals surface area contributed by atoms with Crippen molar-refractivity contribution < 1.29 is 14.3 Å². The first-order chi connectivity index (χ1) is 12.2. The number of nitrogens with one attached hydrogen (secondary N) is 1. The van der Waals surface area contributed by atoms with Gasteiger partial charge in [0.25, 0.3) is 0 Å². The van der Waals surface area contributed by atoms with E-state index in [2.05, 4.69) is 17.1 Å². The van der Waals surface area contributed by atoms with Crippen LogP contribution in [0.4, 0.5) is 10.5 Å². The Morgan fingerprint density at radius 2 is 1.81 bits per heavy atom. The zero-order chi connectivity index (χ0) is 19.3. The van der Waals surface area contributed by atoms with E-state index in [4.69, 9.17) is 4.74 Å². The van der Waals surface area contributed by atoms with Crippen LogP contribution in [0.5, 0.6) is 0 Å². The van der Waals surface area contributed by atoms with Gasteiger partial charge in [-0.1, -0.05) is 25.1 Å². The van der Waals surface area contributed by atoms with Gasteiger partial charge in [0.2, 0.25) is 5.91 Å². The van der Waals surface area contributed by atoms with Crippen LogP contribution in [-0.2, 0) is 16.0 Å². The maximum absolute atomic E-state index is 12.4. The molecule has 26 heavy (non-hydrogen) atoms. The van der Waals surface area contributed by atoms with E-state index in [0.717, 1.165) is 23.2 Å². The molecule has 0 bridgehead atoms. The fraction of sp³-hybridized carbons (Fsp3) is 0.600. The molecule has 2 amide bonds. The first kappa shape index (κ1) is 20.2. The molecule has 0 saturated carbocycles. The van der Waals surface area contributed by atoms with Crippen LogP contribution in [0.15, 0.2) is 18.2 Å². The molecule has 1 aliphatic rings. The van der Waals surface area contributed by atoms with Crippen LogP contribution in [0.3, 0.4) is 0 Å². The minimum absolute atomic E-state index is 0.0141. The van der Waals surface area contributed by atoms with Crippen LogP contribution in [0.2, 0.25) is 0 Å². The first-order valence-corrected chi connectivity index (χ1v) is 9.28. The molecular formula is C20H31N3O3. The van der Waals surface area contributed by atoms with Crippen molar-refractivity contribution in [3.63, 3.8) is 0 Å². The average molecular weight is 361 g/mol. The van der Waals surface area contributed by atoms with Gasteiger partial charge in [0, 0.05) is 31.9 Å². The third-order valence-electron chi connectivity index (χ3n) is 4.40. The third-order valence-corrected chi connectivity index (χ3v) is 4.40. The van der Waals surface area contributed by atoms with Crippen LogP contribution < -0.4 is 5.32 Å². The number of carbonyl (C=O) groups is 2. The van der Waals surface area contributed by atoms with Crippen molar-refractivity contribution in [3.05, 3.63) is 29.3 Å². The maximum atomic E-state index is 12.4. The molecule has 144 valence electrons. The fourth-order valence-corrected chi connectivity index (χ4v) is 3.00. The van der Waals surface area contributed by atoms with Crippen molar-refractivity contribution in [2.75, 3.05) is 38.0 Å². The molecule has 1 fully saturated rings. The monoisotopic (exact) mass is 361 g/mol. The summed E-state index contributed by atoms with van der Waals surface area (Å²) < 4.78 is 5.40. The van der Waals surface area contributed by atoms with Gasteiger partial charge in [-0.25, -0.2) is 4.79 Å². The number of para-hydroxylation sites is 1. The molecule has 0 radical (unpaired) electrons. The summed E-state index contributed by atoms with van der Waals surface area (Å²) in [6.07, 6.45) is 0.598. The predicted molar refractivity (Wildman–Crippen MR) is 103 cm³/mol. The van der Waals surface area contributed by atoms with Gasteiger partial charge in [-0.3, -0.25) is 9.69 Å². The molecule has 1 N–H and O–H groups in total. The predicted octanol–water partition coefficient (Wildman–Crippen LogP) is 3.05. The number of ether oxygens (including phenoxy) is 1. The van der Waals surface area contributed by atoms with Crippen LogP contribution in [0.25, 0.3) is 0 Å². The molecule has 1 heterocycles. The summed E-state index contributed by atoms with van der Waals surface area (Å²) in [5, 5.41) is 3.06. The minimum atomic E-state index is -0.487. The standard InChI is InChI=1S/C20H31N3O3/c1-6-16-9-7-8-15(2)18(16)21-17(24)14-22-10-12-23(13-11-22)19(25)26-20(3,4)5/h7-9H,6,10-14H2,1-5H3,(H,21,24). The SMILES string of the molecule is CCc1cccc(C)c1NC(=O)CN1CCN(C(=O)OC(C)(C)C)CC1. The summed E-state index contributed by atoms with van der Waals surface area (Å²) in [6, 6.07) is 6.07. The quantitative estimate of drug-likeness (QED) is 0.895. The highest BCUT2D eigenvalue weighted by Crippen LogP contribution is 2.21. The van der Waals surface area contributed by atoms with E-state index in [9.17, 15) is 9.59 Å². The molecule has 1 aromatic rings. The zero-order valence-corrected chi connectivity index (χ0v) is 16.6. The number of hydrogen-bond donors (Lipinski definition) is 1. The van der Waals surface area contributed by atoms with Crippen molar-refractivity contribution in [1.82, 2.24) is 9.80 Å². The van der Waals surface area contributed by atoms with Gasteiger partial charge < -0.3 is 15.0 Å². The normalized spacial score (nSPS) is 15.7. The molecule has 0 aromatic heterocycles. The second-order valence-corrected chi connectivity index (χ2v) is 7.75. The minimum Gasteiger partial charge on any atom is -0.444 e. The number of hydrogen-bond acceptors (Lipinski definition) is 4. The maximum Gasteiger partial charge on any atom is 0.410 e. The number of rotatable bonds is 4. The van der Waals surface area contributed by atoms with Crippen LogP contribution in [-0.4, -0.2) is 60.1 Å². The molecule has 1 saturated heterocycles. The van der Waals surface area contributed by atoms with Crippen molar-refractivity contribution in [1.29, 1.82) is 0 Å². The van der Waals surface area contributed by atoms with E-state index in [-0.39, 0.29) is 12.0 Å². The van der Waals surface area contributed by atoms with E-state index in [1.54, 1.807) is 4.90 Å². The topological polar surface area (TPSA) is 61.9 Å². The van der Waals surface area contributed by atoms with Gasteiger partial charge in [-0.2, -0.15) is 0 Å². The molecular weight excluding hydrogens is 330 g/mol. The number of anilines is 1. The highest BCUT2D eigenvalue weighted by molar-refractivity contribution is 5.93. The molecule has 6 nitrogen and oxygen atoms in total. The van der Waals surface area contributed by atoms with Crippen molar-refractivity contribution in [2.45, 2.75) is 46.6 Å². The number of piperazine rings is 1. The van der Waals surface area contributed by atoms with Crippen molar-refractivity contribution in [2.24, 2.45) is 0 Å². The Bertz CT molecular complexity index is 644. The van der Waals surface area contributed by atoms with E-state index in [1.807, 2.05) is 45.9 Å². The summed E-state index contributed by atoms with van der Waals surface area (Å²) in [5.74, 6) is -0.0141. The molecule has 6 heteroatoms. The number of aryl methyl sites for hydroxylation is 2. The summed E-state index contributed by atoms with van der Waals surface area (Å²) in [4.78, 5) is 28.3. The van der Waals surface area contributed by atoms with Crippen LogP contribution in [0.1, 0.15) is 38.8 Å². The molecule has 0 spiro atoms. The van der Waals surface area contributed by atoms with Crippen molar-refractivity contribution in [3.8, 4) is 0 Å². The largest absolute Gasteiger partial charge is 0.444 e. The van der Waals surface area contributed by atoms with E-state index < -0.39 is 5.60 Å². The van der Waals surface area contributed by atoms with Gasteiger partial charge >= 0.3 is 6.09 Å². The Balaban J connectivity index is 1.84. The lowest BCUT2D eigenvalue weighted by Crippen LogP contribution is -2.51. The number of amides is 2. The molecule has 0 aliphatic carbocycles. The average Bonchev–Trinajstić information content (AvgIpc) is 2.55. The van der Waals surface area contributed by atoms with Gasteiger partial charge in [0.1, 0.15) is 5.60 Å². The highest BCUT2D eigenvalue weighted by Gasteiger charge is 2.26. The zero-order valence-electron chi connectivity index (χ0n) is 16.6. The summed E-state index contributed by atoms with van der Waals surface area (Å²) in [6.45, 7) is 12.5. The fourth-order valence-electron chi connectivity index (χ4n) is 3.00. The second kappa shape index (κ2) is 8.54. The highest BCUT2D eigenvalue weighted by atomic mass is 16.6. The number of benzene rings is 1. The first-order valence-electron chi connectivity index (χ1n) is 9.28.